The van der Waals surface area contributed by atoms with Crippen molar-refractivity contribution >= 4 is 5.82 Å². The molecule has 0 aliphatic carbocycles. The lowest BCUT2D eigenvalue weighted by atomic mass is 10.2. The van der Waals surface area contributed by atoms with Crippen LogP contribution < -0.4 is 10.1 Å². The number of halogens is 2. The average Bonchev–Trinajstić information content (AvgIpc) is 2.38. The third kappa shape index (κ3) is 3.63. The van der Waals surface area contributed by atoms with E-state index >= 15 is 0 Å². The summed E-state index contributed by atoms with van der Waals surface area (Å²) in [6, 6.07) is 8.10. The number of aromatic nitrogens is 2. The molecule has 0 radical (unpaired) electrons. The van der Waals surface area contributed by atoms with Crippen molar-refractivity contribution in [3.63, 3.8) is 0 Å². The number of benzene rings is 1. The first-order valence-electron chi connectivity index (χ1n) is 6.23. The molecule has 1 heterocycles. The Kier molecular flexibility index (Phi) is 4.45. The van der Waals surface area contributed by atoms with Crippen molar-refractivity contribution in [2.45, 2.75) is 20.5 Å². The lowest BCUT2D eigenvalue weighted by molar-refractivity contribution is -0.0498. The van der Waals surface area contributed by atoms with Gasteiger partial charge in [0.25, 0.3) is 0 Å². The molecular formula is C14H15F2N3O. The van der Waals surface area contributed by atoms with Crippen molar-refractivity contribution in [1.82, 2.24) is 9.97 Å². The molecule has 0 amide bonds. The van der Waals surface area contributed by atoms with Crippen LogP contribution in [0.1, 0.15) is 12.6 Å². The van der Waals surface area contributed by atoms with Gasteiger partial charge in [-0.1, -0.05) is 0 Å². The lowest BCUT2D eigenvalue weighted by Gasteiger charge is -2.08. The summed E-state index contributed by atoms with van der Waals surface area (Å²) in [4.78, 5) is 8.71. The van der Waals surface area contributed by atoms with Crippen LogP contribution >= 0.6 is 0 Å². The van der Waals surface area contributed by atoms with Crippen LogP contribution in [-0.4, -0.2) is 23.1 Å². The maximum atomic E-state index is 12.1. The molecule has 0 saturated heterocycles. The normalized spacial score (nSPS) is 10.7. The molecule has 4 nitrogen and oxygen atoms in total. The molecule has 0 unspecified atom stereocenters. The second kappa shape index (κ2) is 6.27. The quantitative estimate of drug-likeness (QED) is 0.910. The number of anilines is 1. The van der Waals surface area contributed by atoms with E-state index in [0.29, 0.717) is 5.82 Å². The van der Waals surface area contributed by atoms with E-state index in [1.807, 2.05) is 19.9 Å². The van der Waals surface area contributed by atoms with Gasteiger partial charge in [-0.15, -0.1) is 0 Å². The molecule has 2 aromatic rings. The van der Waals surface area contributed by atoms with E-state index < -0.39 is 6.61 Å². The number of ether oxygens (including phenoxy) is 1. The highest BCUT2D eigenvalue weighted by atomic mass is 19.3. The minimum atomic E-state index is -2.82. The summed E-state index contributed by atoms with van der Waals surface area (Å²) in [5.41, 5.74) is 1.58. The zero-order valence-electron chi connectivity index (χ0n) is 11.2. The molecule has 20 heavy (non-hydrogen) atoms. The van der Waals surface area contributed by atoms with Crippen LogP contribution in [0.5, 0.6) is 5.75 Å². The summed E-state index contributed by atoms with van der Waals surface area (Å²) in [6.07, 6.45) is 0. The molecular weight excluding hydrogens is 264 g/mol. The van der Waals surface area contributed by atoms with E-state index in [0.717, 1.165) is 23.6 Å². The Morgan fingerprint density at radius 3 is 2.50 bits per heavy atom. The Labute approximate surface area is 115 Å². The van der Waals surface area contributed by atoms with Crippen LogP contribution in [0.3, 0.4) is 0 Å². The molecule has 1 N–H and O–H groups in total. The van der Waals surface area contributed by atoms with Crippen molar-refractivity contribution in [3.05, 3.63) is 36.0 Å². The standard InChI is InChI=1S/C14H15F2N3O/c1-3-17-12-8-9(2)18-13(19-12)10-4-6-11(7-5-10)20-14(15)16/h4-8,14H,3H2,1-2H3,(H,17,18,19). The number of alkyl halides is 2. The Balaban J connectivity index is 2.26. The van der Waals surface area contributed by atoms with E-state index in [4.69, 9.17) is 0 Å². The summed E-state index contributed by atoms with van der Waals surface area (Å²) in [6.45, 7) is 1.79. The monoisotopic (exact) mass is 279 g/mol. The van der Waals surface area contributed by atoms with Crippen molar-refractivity contribution in [1.29, 1.82) is 0 Å². The van der Waals surface area contributed by atoms with Gasteiger partial charge >= 0.3 is 6.61 Å². The molecule has 106 valence electrons. The van der Waals surface area contributed by atoms with Crippen molar-refractivity contribution in [2.24, 2.45) is 0 Å². The van der Waals surface area contributed by atoms with Gasteiger partial charge < -0.3 is 10.1 Å². The molecule has 1 aromatic heterocycles. The average molecular weight is 279 g/mol. The van der Waals surface area contributed by atoms with E-state index in [9.17, 15) is 8.78 Å². The lowest BCUT2D eigenvalue weighted by Crippen LogP contribution is -2.03. The number of hydrogen-bond donors (Lipinski definition) is 1. The zero-order valence-corrected chi connectivity index (χ0v) is 11.2. The number of aryl methyl sites for hydroxylation is 1. The highest BCUT2D eigenvalue weighted by molar-refractivity contribution is 5.58. The molecule has 0 spiro atoms. The first-order valence-corrected chi connectivity index (χ1v) is 6.23. The summed E-state index contributed by atoms with van der Waals surface area (Å²) in [5.74, 6) is 1.40. The fourth-order valence-electron chi connectivity index (χ4n) is 1.75. The Bertz CT molecular complexity index is 573. The van der Waals surface area contributed by atoms with Crippen molar-refractivity contribution in [2.75, 3.05) is 11.9 Å². The second-order valence-electron chi connectivity index (χ2n) is 4.15. The van der Waals surface area contributed by atoms with Crippen LogP contribution in [0, 0.1) is 6.92 Å². The van der Waals surface area contributed by atoms with E-state index in [-0.39, 0.29) is 5.75 Å². The number of hydrogen-bond acceptors (Lipinski definition) is 4. The molecule has 0 atom stereocenters. The molecule has 0 aliphatic heterocycles. The van der Waals surface area contributed by atoms with Gasteiger partial charge in [-0.25, -0.2) is 9.97 Å². The van der Waals surface area contributed by atoms with Crippen LogP contribution in [0.2, 0.25) is 0 Å². The third-order valence-corrected chi connectivity index (χ3v) is 2.55. The SMILES string of the molecule is CCNc1cc(C)nc(-c2ccc(OC(F)F)cc2)n1. The predicted molar refractivity (Wildman–Crippen MR) is 73.0 cm³/mol. The fourth-order valence-corrected chi connectivity index (χ4v) is 1.75. The van der Waals surface area contributed by atoms with Gasteiger partial charge in [0.15, 0.2) is 5.82 Å². The third-order valence-electron chi connectivity index (χ3n) is 2.55. The largest absolute Gasteiger partial charge is 0.435 e. The van der Waals surface area contributed by atoms with Gasteiger partial charge in [0.05, 0.1) is 0 Å². The summed E-state index contributed by atoms with van der Waals surface area (Å²) in [5, 5.41) is 3.12. The predicted octanol–water partition coefficient (Wildman–Crippen LogP) is 3.49. The summed E-state index contributed by atoms with van der Waals surface area (Å²) < 4.78 is 28.5. The second-order valence-corrected chi connectivity index (χ2v) is 4.15. The van der Waals surface area contributed by atoms with Crippen LogP contribution in [0.4, 0.5) is 14.6 Å². The maximum Gasteiger partial charge on any atom is 0.387 e. The van der Waals surface area contributed by atoms with Crippen molar-refractivity contribution in [3.8, 4) is 17.1 Å². The first-order chi connectivity index (χ1) is 9.58. The number of rotatable bonds is 5. The molecule has 2 rings (SSSR count). The molecule has 1 aromatic carbocycles. The van der Waals surface area contributed by atoms with Crippen LogP contribution in [-0.2, 0) is 0 Å². The molecule has 6 heteroatoms. The minimum Gasteiger partial charge on any atom is -0.435 e. The van der Waals surface area contributed by atoms with Gasteiger partial charge in [0.1, 0.15) is 11.6 Å². The van der Waals surface area contributed by atoms with Crippen LogP contribution in [0.25, 0.3) is 11.4 Å². The first kappa shape index (κ1) is 14.2. The van der Waals surface area contributed by atoms with Gasteiger partial charge in [0.2, 0.25) is 0 Å². The number of nitrogens with one attached hydrogen (secondary N) is 1. The van der Waals surface area contributed by atoms with Gasteiger partial charge in [-0.3, -0.25) is 0 Å². The van der Waals surface area contributed by atoms with Gasteiger partial charge in [-0.2, -0.15) is 8.78 Å². The highest BCUT2D eigenvalue weighted by Gasteiger charge is 2.07. The van der Waals surface area contributed by atoms with Gasteiger partial charge in [-0.05, 0) is 38.1 Å². The van der Waals surface area contributed by atoms with Crippen molar-refractivity contribution < 1.29 is 13.5 Å². The summed E-state index contributed by atoms with van der Waals surface area (Å²) >= 11 is 0. The summed E-state index contributed by atoms with van der Waals surface area (Å²) in [7, 11) is 0. The molecule has 0 fully saturated rings. The molecule has 0 aliphatic rings. The van der Waals surface area contributed by atoms with E-state index in [2.05, 4.69) is 20.0 Å². The zero-order chi connectivity index (χ0) is 14.5. The fraction of sp³-hybridized carbons (Fsp3) is 0.286. The molecule has 0 saturated carbocycles. The Morgan fingerprint density at radius 2 is 1.90 bits per heavy atom. The van der Waals surface area contributed by atoms with Gasteiger partial charge in [0, 0.05) is 23.9 Å². The Morgan fingerprint density at radius 1 is 1.20 bits per heavy atom. The molecule has 0 bridgehead atoms. The number of nitrogens with zero attached hydrogens (tertiary/aromatic N) is 2. The smallest absolute Gasteiger partial charge is 0.387 e. The highest BCUT2D eigenvalue weighted by Crippen LogP contribution is 2.22. The van der Waals surface area contributed by atoms with E-state index in [1.54, 1.807) is 12.1 Å². The minimum absolute atomic E-state index is 0.114. The van der Waals surface area contributed by atoms with E-state index in [1.165, 1.54) is 12.1 Å². The maximum absolute atomic E-state index is 12.1. The van der Waals surface area contributed by atoms with Crippen LogP contribution in [0.15, 0.2) is 30.3 Å². The Hall–Kier alpha value is -2.24. The topological polar surface area (TPSA) is 47.0 Å².